The zero-order valence-corrected chi connectivity index (χ0v) is 20.9. The highest BCUT2D eigenvalue weighted by molar-refractivity contribution is 5.99. The smallest absolute Gasteiger partial charge is 0.274 e. The zero-order chi connectivity index (χ0) is 25.5. The van der Waals surface area contributed by atoms with Gasteiger partial charge >= 0.3 is 0 Å². The number of anilines is 1. The number of hydrogen-bond acceptors (Lipinski definition) is 7. The molecule has 10 nitrogen and oxygen atoms in total. The van der Waals surface area contributed by atoms with E-state index in [1.54, 1.807) is 49.1 Å². The Hall–Kier alpha value is -3.53. The minimum absolute atomic E-state index is 0.0904. The number of carbonyl (C=O) groups is 3. The lowest BCUT2D eigenvalue weighted by atomic mass is 10.0. The number of fused-ring (bicyclic) bond motifs is 1. The summed E-state index contributed by atoms with van der Waals surface area (Å²) in [4.78, 5) is 50.0. The molecule has 3 amide bonds. The number of hydrogen-bond donors (Lipinski definition) is 1. The van der Waals surface area contributed by atoms with Crippen molar-refractivity contribution in [1.29, 1.82) is 0 Å². The maximum absolute atomic E-state index is 13.4. The molecule has 1 N–H and O–H groups in total. The number of benzene rings is 1. The number of aromatic nitrogens is 2. The second-order valence-electron chi connectivity index (χ2n) is 8.76. The maximum Gasteiger partial charge on any atom is 0.274 e. The lowest BCUT2D eigenvalue weighted by molar-refractivity contribution is -0.115. The molecule has 3 rings (SSSR count). The molecule has 0 saturated heterocycles. The van der Waals surface area contributed by atoms with E-state index in [1.807, 2.05) is 13.8 Å². The van der Waals surface area contributed by atoms with Crippen molar-refractivity contribution < 1.29 is 23.9 Å². The number of methoxy groups -OCH3 is 1. The van der Waals surface area contributed by atoms with Gasteiger partial charge in [-0.2, -0.15) is 0 Å². The highest BCUT2D eigenvalue weighted by Gasteiger charge is 2.31. The molecule has 0 spiro atoms. The van der Waals surface area contributed by atoms with Crippen molar-refractivity contribution in [3.05, 3.63) is 48.0 Å². The van der Waals surface area contributed by atoms with E-state index in [0.717, 1.165) is 0 Å². The third-order valence-electron chi connectivity index (χ3n) is 6.09. The number of amides is 3. The van der Waals surface area contributed by atoms with Crippen LogP contribution in [0.15, 0.2) is 36.8 Å². The van der Waals surface area contributed by atoms with Gasteiger partial charge in [0, 0.05) is 57.7 Å². The topological polar surface area (TPSA) is 114 Å². The molecule has 1 aliphatic heterocycles. The number of nitrogens with zero attached hydrogens (tertiary/aromatic N) is 4. The second-order valence-corrected chi connectivity index (χ2v) is 8.76. The first-order valence-corrected chi connectivity index (χ1v) is 11.7. The number of likely N-dealkylation sites (N-methyl/N-ethyl adjacent to an activating group) is 1. The van der Waals surface area contributed by atoms with Crippen LogP contribution in [0.3, 0.4) is 0 Å². The fraction of sp³-hybridized carbons (Fsp3) is 0.480. The second kappa shape index (κ2) is 11.7. The molecule has 188 valence electrons. The summed E-state index contributed by atoms with van der Waals surface area (Å²) in [6, 6.07) is 4.64. The Kier molecular flexibility index (Phi) is 8.75. The Balaban J connectivity index is 1.98. The van der Waals surface area contributed by atoms with Crippen LogP contribution in [-0.2, 0) is 9.53 Å². The maximum atomic E-state index is 13.4. The van der Waals surface area contributed by atoms with Gasteiger partial charge in [0.1, 0.15) is 18.1 Å². The summed E-state index contributed by atoms with van der Waals surface area (Å²) in [5, 5.41) is 2.78. The standard InChI is InChI=1S/C25H33N5O5/c1-6-23(31)28-18-7-8-21-19(11-18)24(32)29(4)14-22(34-5)16(2)13-30(17(3)15-35-21)25(33)20-12-26-9-10-27-20/h7-12,16-17,22H,6,13-15H2,1-5H3,(H,28,31)/t16-,17-,22-/m0/s1. The summed E-state index contributed by atoms with van der Waals surface area (Å²) in [5.74, 6) is -0.372. The number of nitrogens with one attached hydrogen (secondary N) is 1. The minimum Gasteiger partial charge on any atom is -0.491 e. The summed E-state index contributed by atoms with van der Waals surface area (Å²) in [6.07, 6.45) is 4.45. The summed E-state index contributed by atoms with van der Waals surface area (Å²) < 4.78 is 11.8. The van der Waals surface area contributed by atoms with E-state index in [-0.39, 0.29) is 48.1 Å². The molecule has 2 aromatic rings. The molecule has 3 atom stereocenters. The lowest BCUT2D eigenvalue weighted by Crippen LogP contribution is -2.48. The summed E-state index contributed by atoms with van der Waals surface area (Å²) >= 11 is 0. The monoisotopic (exact) mass is 483 g/mol. The van der Waals surface area contributed by atoms with Crippen molar-refractivity contribution in [3.8, 4) is 5.75 Å². The van der Waals surface area contributed by atoms with Crippen molar-refractivity contribution in [2.45, 2.75) is 39.3 Å². The van der Waals surface area contributed by atoms with E-state index in [0.29, 0.717) is 36.5 Å². The summed E-state index contributed by atoms with van der Waals surface area (Å²) in [5.41, 5.74) is 1.08. The SMILES string of the molecule is CCC(=O)Nc1ccc2c(c1)C(=O)N(C)C[C@H](OC)[C@@H](C)CN(C(=O)c1cnccn1)[C@@H](C)CO2. The van der Waals surface area contributed by atoms with Gasteiger partial charge in [-0.05, 0) is 25.1 Å². The van der Waals surface area contributed by atoms with Gasteiger partial charge in [-0.15, -0.1) is 0 Å². The molecule has 1 aromatic heterocycles. The minimum atomic E-state index is -0.330. The Morgan fingerprint density at radius 2 is 2.00 bits per heavy atom. The van der Waals surface area contributed by atoms with E-state index in [4.69, 9.17) is 9.47 Å². The first-order valence-electron chi connectivity index (χ1n) is 11.7. The van der Waals surface area contributed by atoms with Gasteiger partial charge in [0.25, 0.3) is 11.8 Å². The molecule has 35 heavy (non-hydrogen) atoms. The molecule has 0 fully saturated rings. The van der Waals surface area contributed by atoms with Crippen LogP contribution in [-0.4, -0.2) is 83.5 Å². The van der Waals surface area contributed by atoms with Crippen molar-refractivity contribution in [2.24, 2.45) is 5.92 Å². The largest absolute Gasteiger partial charge is 0.491 e. The number of carbonyl (C=O) groups excluding carboxylic acids is 3. The number of ether oxygens (including phenoxy) is 2. The predicted octanol–water partition coefficient (Wildman–Crippen LogP) is 2.47. The summed E-state index contributed by atoms with van der Waals surface area (Å²) in [7, 11) is 3.29. The van der Waals surface area contributed by atoms with Crippen LogP contribution in [0.25, 0.3) is 0 Å². The highest BCUT2D eigenvalue weighted by atomic mass is 16.5. The first kappa shape index (κ1) is 26.1. The van der Waals surface area contributed by atoms with Gasteiger partial charge < -0.3 is 24.6 Å². The van der Waals surface area contributed by atoms with Crippen LogP contribution < -0.4 is 10.1 Å². The van der Waals surface area contributed by atoms with E-state index in [9.17, 15) is 14.4 Å². The average molecular weight is 484 g/mol. The zero-order valence-electron chi connectivity index (χ0n) is 20.9. The van der Waals surface area contributed by atoms with E-state index in [1.165, 1.54) is 18.6 Å². The Labute approximate surface area is 205 Å². The average Bonchev–Trinajstić information content (AvgIpc) is 2.88. The Morgan fingerprint density at radius 1 is 1.23 bits per heavy atom. The first-order chi connectivity index (χ1) is 16.7. The van der Waals surface area contributed by atoms with Crippen LogP contribution >= 0.6 is 0 Å². The van der Waals surface area contributed by atoms with Gasteiger partial charge in [-0.25, -0.2) is 4.98 Å². The molecule has 0 saturated carbocycles. The van der Waals surface area contributed by atoms with Crippen LogP contribution in [0.2, 0.25) is 0 Å². The lowest BCUT2D eigenvalue weighted by Gasteiger charge is -2.35. The quantitative estimate of drug-likeness (QED) is 0.711. The Morgan fingerprint density at radius 3 is 2.66 bits per heavy atom. The normalized spacial score (nSPS) is 21.3. The van der Waals surface area contributed by atoms with Gasteiger partial charge in [-0.1, -0.05) is 13.8 Å². The van der Waals surface area contributed by atoms with Crippen molar-refractivity contribution >= 4 is 23.4 Å². The third-order valence-corrected chi connectivity index (χ3v) is 6.09. The van der Waals surface area contributed by atoms with Crippen molar-refractivity contribution in [3.63, 3.8) is 0 Å². The highest BCUT2D eigenvalue weighted by Crippen LogP contribution is 2.27. The number of rotatable bonds is 4. The van der Waals surface area contributed by atoms with Gasteiger partial charge in [0.2, 0.25) is 5.91 Å². The molecule has 0 unspecified atom stereocenters. The van der Waals surface area contributed by atoms with Gasteiger partial charge in [-0.3, -0.25) is 19.4 Å². The molecule has 0 bridgehead atoms. The fourth-order valence-corrected chi connectivity index (χ4v) is 3.94. The molecule has 1 aliphatic rings. The predicted molar refractivity (Wildman–Crippen MR) is 130 cm³/mol. The van der Waals surface area contributed by atoms with E-state index < -0.39 is 0 Å². The fourth-order valence-electron chi connectivity index (χ4n) is 3.94. The molecule has 0 radical (unpaired) electrons. The van der Waals surface area contributed by atoms with E-state index >= 15 is 0 Å². The molecular formula is C25H33N5O5. The van der Waals surface area contributed by atoms with Crippen molar-refractivity contribution in [1.82, 2.24) is 19.8 Å². The van der Waals surface area contributed by atoms with Crippen LogP contribution in [0.5, 0.6) is 5.75 Å². The third kappa shape index (κ3) is 6.33. The summed E-state index contributed by atoms with van der Waals surface area (Å²) in [6.45, 7) is 6.47. The van der Waals surface area contributed by atoms with Crippen LogP contribution in [0, 0.1) is 5.92 Å². The Bertz CT molecular complexity index is 1050. The van der Waals surface area contributed by atoms with Gasteiger partial charge in [0.05, 0.1) is 23.9 Å². The molecule has 0 aliphatic carbocycles. The van der Waals surface area contributed by atoms with E-state index in [2.05, 4.69) is 15.3 Å². The molecule has 1 aromatic carbocycles. The van der Waals surface area contributed by atoms with Gasteiger partial charge in [0.15, 0.2) is 0 Å². The molecule has 10 heteroatoms. The van der Waals surface area contributed by atoms with Crippen LogP contribution in [0.4, 0.5) is 5.69 Å². The molecular weight excluding hydrogens is 450 g/mol. The van der Waals surface area contributed by atoms with Crippen LogP contribution in [0.1, 0.15) is 48.0 Å². The molecule has 2 heterocycles. The van der Waals surface area contributed by atoms with Crippen molar-refractivity contribution in [2.75, 3.05) is 39.2 Å².